The zero-order valence-corrected chi connectivity index (χ0v) is 13.2. The van der Waals surface area contributed by atoms with Crippen LogP contribution < -0.4 is 5.32 Å². The van der Waals surface area contributed by atoms with Crippen LogP contribution in [0.3, 0.4) is 0 Å². The number of nitrogens with one attached hydrogen (secondary N) is 1. The largest absolute Gasteiger partial charge is 0.387 e. The van der Waals surface area contributed by atoms with Crippen molar-refractivity contribution in [2.45, 2.75) is 26.4 Å². The van der Waals surface area contributed by atoms with Crippen molar-refractivity contribution in [2.75, 3.05) is 13.1 Å². The predicted octanol–water partition coefficient (Wildman–Crippen LogP) is 3.20. The van der Waals surface area contributed by atoms with Crippen LogP contribution in [0.4, 0.5) is 0 Å². The third-order valence-corrected chi connectivity index (χ3v) is 3.74. The number of hydrogen-bond acceptors (Lipinski definition) is 3. The van der Waals surface area contributed by atoms with E-state index in [0.717, 1.165) is 22.3 Å². The predicted molar refractivity (Wildman–Crippen MR) is 89.1 cm³/mol. The summed E-state index contributed by atoms with van der Waals surface area (Å²) in [5.74, 6) is 0.142. The summed E-state index contributed by atoms with van der Waals surface area (Å²) in [4.78, 5) is 12.2. The van der Waals surface area contributed by atoms with Gasteiger partial charge in [-0.25, -0.2) is 0 Å². The summed E-state index contributed by atoms with van der Waals surface area (Å²) in [5.41, 5.74) is 3.79. The molecule has 1 unspecified atom stereocenters. The molecule has 1 atom stereocenters. The van der Waals surface area contributed by atoms with Crippen molar-refractivity contribution in [3.8, 4) is 0 Å². The Hall–Kier alpha value is -1.97. The van der Waals surface area contributed by atoms with Gasteiger partial charge in [-0.2, -0.15) is 0 Å². The maximum Gasteiger partial charge on any atom is 0.164 e. The number of aliphatic hydroxyl groups is 1. The normalized spacial score (nSPS) is 12.1. The SMILES string of the molecule is Cc1ccc(C)c(C(=O)CCNCC(O)c2ccccc2)c1. The highest BCUT2D eigenvalue weighted by Gasteiger charge is 2.10. The molecule has 0 aliphatic rings. The van der Waals surface area contributed by atoms with E-state index in [2.05, 4.69) is 5.32 Å². The monoisotopic (exact) mass is 297 g/mol. The summed E-state index contributed by atoms with van der Waals surface area (Å²) in [6, 6.07) is 15.5. The molecule has 22 heavy (non-hydrogen) atoms. The molecule has 0 saturated heterocycles. The fourth-order valence-electron chi connectivity index (χ4n) is 2.40. The van der Waals surface area contributed by atoms with Crippen LogP contribution in [0.25, 0.3) is 0 Å². The Bertz CT molecular complexity index is 623. The van der Waals surface area contributed by atoms with Crippen molar-refractivity contribution in [1.82, 2.24) is 5.32 Å². The Labute approximate surface area is 132 Å². The number of hydrogen-bond donors (Lipinski definition) is 2. The zero-order valence-electron chi connectivity index (χ0n) is 13.2. The minimum atomic E-state index is -0.544. The van der Waals surface area contributed by atoms with Gasteiger partial charge in [-0.3, -0.25) is 4.79 Å². The van der Waals surface area contributed by atoms with Crippen LogP contribution in [-0.2, 0) is 0 Å². The first-order valence-electron chi connectivity index (χ1n) is 7.62. The molecule has 116 valence electrons. The molecule has 0 saturated carbocycles. The maximum absolute atomic E-state index is 12.2. The van der Waals surface area contributed by atoms with Crippen LogP contribution in [0.5, 0.6) is 0 Å². The van der Waals surface area contributed by atoms with Gasteiger partial charge < -0.3 is 10.4 Å². The lowest BCUT2D eigenvalue weighted by Gasteiger charge is -2.12. The van der Waals surface area contributed by atoms with Crippen LogP contribution in [0.1, 0.15) is 39.6 Å². The molecule has 0 aliphatic carbocycles. The molecular formula is C19H23NO2. The van der Waals surface area contributed by atoms with Gasteiger partial charge in [0.15, 0.2) is 5.78 Å². The van der Waals surface area contributed by atoms with Gasteiger partial charge in [-0.05, 0) is 31.0 Å². The van der Waals surface area contributed by atoms with Crippen molar-refractivity contribution >= 4 is 5.78 Å². The van der Waals surface area contributed by atoms with Gasteiger partial charge in [0.25, 0.3) is 0 Å². The standard InChI is InChI=1S/C19H23NO2/c1-14-8-9-15(2)17(12-14)18(21)10-11-20-13-19(22)16-6-4-3-5-7-16/h3-9,12,19-20,22H,10-11,13H2,1-2H3. The minimum Gasteiger partial charge on any atom is -0.387 e. The van der Waals surface area contributed by atoms with Crippen molar-refractivity contribution in [3.63, 3.8) is 0 Å². The molecule has 0 heterocycles. The van der Waals surface area contributed by atoms with Gasteiger partial charge in [0.05, 0.1) is 6.10 Å². The number of Topliss-reactive ketones (excluding diaryl/α,β-unsaturated/α-hetero) is 1. The second-order valence-electron chi connectivity index (χ2n) is 5.62. The lowest BCUT2D eigenvalue weighted by Crippen LogP contribution is -2.24. The minimum absolute atomic E-state index is 0.142. The van der Waals surface area contributed by atoms with Crippen LogP contribution in [0.2, 0.25) is 0 Å². The van der Waals surface area contributed by atoms with E-state index in [1.807, 2.05) is 62.4 Å². The Balaban J connectivity index is 1.79. The van der Waals surface area contributed by atoms with E-state index in [9.17, 15) is 9.90 Å². The van der Waals surface area contributed by atoms with Gasteiger partial charge in [-0.15, -0.1) is 0 Å². The number of carbonyl (C=O) groups excluding carboxylic acids is 1. The molecule has 0 radical (unpaired) electrons. The first-order valence-corrected chi connectivity index (χ1v) is 7.62. The summed E-state index contributed by atoms with van der Waals surface area (Å²) in [6.45, 7) is 4.96. The highest BCUT2D eigenvalue weighted by atomic mass is 16.3. The van der Waals surface area contributed by atoms with Gasteiger partial charge in [-0.1, -0.05) is 48.0 Å². The van der Waals surface area contributed by atoms with Crippen molar-refractivity contribution in [1.29, 1.82) is 0 Å². The van der Waals surface area contributed by atoms with E-state index in [1.54, 1.807) is 0 Å². The molecule has 2 rings (SSSR count). The molecule has 0 aromatic heterocycles. The van der Waals surface area contributed by atoms with E-state index in [-0.39, 0.29) is 5.78 Å². The number of carbonyl (C=O) groups is 1. The summed E-state index contributed by atoms with van der Waals surface area (Å²) in [6.07, 6.45) is -0.108. The van der Waals surface area contributed by atoms with E-state index < -0.39 is 6.10 Å². The molecule has 3 heteroatoms. The third-order valence-electron chi connectivity index (χ3n) is 3.74. The van der Waals surface area contributed by atoms with Crippen molar-refractivity contribution in [2.24, 2.45) is 0 Å². The maximum atomic E-state index is 12.2. The zero-order chi connectivity index (χ0) is 15.9. The molecule has 0 aliphatic heterocycles. The molecule has 0 bridgehead atoms. The summed E-state index contributed by atoms with van der Waals surface area (Å²) in [5, 5.41) is 13.2. The average molecular weight is 297 g/mol. The molecule has 0 spiro atoms. The van der Waals surface area contributed by atoms with Crippen LogP contribution in [-0.4, -0.2) is 24.0 Å². The molecule has 2 aromatic rings. The summed E-state index contributed by atoms with van der Waals surface area (Å²) in [7, 11) is 0. The van der Waals surface area contributed by atoms with Gasteiger partial charge >= 0.3 is 0 Å². The lowest BCUT2D eigenvalue weighted by atomic mass is 10.0. The van der Waals surface area contributed by atoms with E-state index in [1.165, 1.54) is 0 Å². The highest BCUT2D eigenvalue weighted by molar-refractivity contribution is 5.97. The van der Waals surface area contributed by atoms with Gasteiger partial charge in [0.2, 0.25) is 0 Å². The van der Waals surface area contributed by atoms with Crippen LogP contribution in [0.15, 0.2) is 48.5 Å². The van der Waals surface area contributed by atoms with E-state index in [0.29, 0.717) is 19.5 Å². The molecule has 0 fully saturated rings. The quantitative estimate of drug-likeness (QED) is 0.609. The average Bonchev–Trinajstić information content (AvgIpc) is 2.54. The Morgan fingerprint density at radius 1 is 1.14 bits per heavy atom. The van der Waals surface area contributed by atoms with Crippen molar-refractivity contribution < 1.29 is 9.90 Å². The molecule has 2 N–H and O–H groups in total. The Kier molecular flexibility index (Phi) is 5.87. The summed E-state index contributed by atoms with van der Waals surface area (Å²) < 4.78 is 0. The third kappa shape index (κ3) is 4.52. The molecule has 0 amide bonds. The highest BCUT2D eigenvalue weighted by Crippen LogP contribution is 2.13. The van der Waals surface area contributed by atoms with Crippen LogP contribution >= 0.6 is 0 Å². The number of aryl methyl sites for hydroxylation is 2. The molecule has 2 aromatic carbocycles. The Morgan fingerprint density at radius 3 is 2.59 bits per heavy atom. The fourth-order valence-corrected chi connectivity index (χ4v) is 2.40. The number of aliphatic hydroxyl groups excluding tert-OH is 1. The van der Waals surface area contributed by atoms with E-state index in [4.69, 9.17) is 0 Å². The number of benzene rings is 2. The topological polar surface area (TPSA) is 49.3 Å². The second-order valence-corrected chi connectivity index (χ2v) is 5.62. The Morgan fingerprint density at radius 2 is 1.86 bits per heavy atom. The van der Waals surface area contributed by atoms with Crippen molar-refractivity contribution in [3.05, 3.63) is 70.8 Å². The first kappa shape index (κ1) is 16.4. The second kappa shape index (κ2) is 7.87. The fraction of sp³-hybridized carbons (Fsp3) is 0.316. The van der Waals surface area contributed by atoms with Gasteiger partial charge in [0, 0.05) is 25.1 Å². The summed E-state index contributed by atoms with van der Waals surface area (Å²) >= 11 is 0. The lowest BCUT2D eigenvalue weighted by molar-refractivity contribution is 0.0979. The van der Waals surface area contributed by atoms with Crippen LogP contribution in [0, 0.1) is 13.8 Å². The molecular weight excluding hydrogens is 274 g/mol. The van der Waals surface area contributed by atoms with E-state index >= 15 is 0 Å². The number of rotatable bonds is 7. The van der Waals surface area contributed by atoms with Gasteiger partial charge in [0.1, 0.15) is 0 Å². The smallest absolute Gasteiger partial charge is 0.164 e. The first-order chi connectivity index (χ1) is 10.6. The molecule has 3 nitrogen and oxygen atoms in total. The number of ketones is 1.